The molecule has 156 valence electrons. The molecule has 2 aromatic rings. The van der Waals surface area contributed by atoms with Gasteiger partial charge in [0.15, 0.2) is 5.13 Å². The molecule has 2 N–H and O–H groups in total. The van der Waals surface area contributed by atoms with Crippen LogP contribution in [0.3, 0.4) is 0 Å². The molecule has 0 aliphatic carbocycles. The predicted molar refractivity (Wildman–Crippen MR) is 110 cm³/mol. The van der Waals surface area contributed by atoms with E-state index >= 15 is 0 Å². The number of carbonyl (C=O) groups is 2. The van der Waals surface area contributed by atoms with Crippen LogP contribution in [-0.2, 0) is 30.6 Å². The van der Waals surface area contributed by atoms with Crippen molar-refractivity contribution in [1.29, 1.82) is 0 Å². The van der Waals surface area contributed by atoms with E-state index in [1.54, 1.807) is 4.90 Å². The lowest BCUT2D eigenvalue weighted by atomic mass is 10.2. The van der Waals surface area contributed by atoms with Gasteiger partial charge < -0.3 is 15.2 Å². The summed E-state index contributed by atoms with van der Waals surface area (Å²) in [6.07, 6.45) is 7.41. The number of nitrogens with one attached hydrogen (secondary N) is 2. The van der Waals surface area contributed by atoms with Crippen LogP contribution in [0.25, 0.3) is 0 Å². The SMILES string of the molecule is O=C(Cc1csc(N2CCCNC2=O)n1)NCCCc1nnc2n1CCCCC2. The molecule has 0 bridgehead atoms. The van der Waals surface area contributed by atoms with Crippen LogP contribution in [0.5, 0.6) is 0 Å². The fraction of sp³-hybridized carbons (Fsp3) is 0.632. The van der Waals surface area contributed by atoms with E-state index in [1.165, 1.54) is 30.6 Å². The Kier molecular flexibility index (Phi) is 6.38. The summed E-state index contributed by atoms with van der Waals surface area (Å²) < 4.78 is 2.25. The molecule has 2 aromatic heterocycles. The van der Waals surface area contributed by atoms with Crippen molar-refractivity contribution in [2.24, 2.45) is 0 Å². The Hall–Kier alpha value is -2.49. The van der Waals surface area contributed by atoms with E-state index in [0.717, 1.165) is 43.9 Å². The van der Waals surface area contributed by atoms with Gasteiger partial charge in [-0.15, -0.1) is 21.5 Å². The molecule has 0 spiro atoms. The number of rotatable bonds is 7. The van der Waals surface area contributed by atoms with Gasteiger partial charge in [-0.05, 0) is 25.7 Å². The van der Waals surface area contributed by atoms with Crippen molar-refractivity contribution in [3.63, 3.8) is 0 Å². The summed E-state index contributed by atoms with van der Waals surface area (Å²) in [5.41, 5.74) is 0.698. The Morgan fingerprint density at radius 1 is 1.21 bits per heavy atom. The maximum Gasteiger partial charge on any atom is 0.323 e. The summed E-state index contributed by atoms with van der Waals surface area (Å²) in [5, 5.41) is 16.9. The second-order valence-electron chi connectivity index (χ2n) is 7.48. The van der Waals surface area contributed by atoms with E-state index < -0.39 is 0 Å². The van der Waals surface area contributed by atoms with Crippen molar-refractivity contribution in [2.75, 3.05) is 24.5 Å². The van der Waals surface area contributed by atoms with Gasteiger partial charge >= 0.3 is 6.03 Å². The molecule has 0 aromatic carbocycles. The Morgan fingerprint density at radius 3 is 3.03 bits per heavy atom. The Bertz CT molecular complexity index is 863. The van der Waals surface area contributed by atoms with Gasteiger partial charge in [-0.3, -0.25) is 9.69 Å². The van der Waals surface area contributed by atoms with Crippen LogP contribution in [0, 0.1) is 0 Å². The molecular weight excluding hydrogens is 390 g/mol. The largest absolute Gasteiger partial charge is 0.356 e. The minimum Gasteiger partial charge on any atom is -0.356 e. The third-order valence-corrected chi connectivity index (χ3v) is 6.19. The van der Waals surface area contributed by atoms with Gasteiger partial charge in [0.2, 0.25) is 5.91 Å². The van der Waals surface area contributed by atoms with E-state index in [2.05, 4.69) is 30.4 Å². The smallest absolute Gasteiger partial charge is 0.323 e. The highest BCUT2D eigenvalue weighted by Crippen LogP contribution is 2.22. The maximum absolute atomic E-state index is 12.2. The van der Waals surface area contributed by atoms with Crippen LogP contribution < -0.4 is 15.5 Å². The summed E-state index contributed by atoms with van der Waals surface area (Å²) in [5.74, 6) is 2.08. The van der Waals surface area contributed by atoms with Gasteiger partial charge in [-0.1, -0.05) is 6.42 Å². The summed E-state index contributed by atoms with van der Waals surface area (Å²) in [6, 6.07) is -0.118. The quantitative estimate of drug-likeness (QED) is 0.667. The summed E-state index contributed by atoms with van der Waals surface area (Å²) in [6.45, 7) is 2.97. The zero-order chi connectivity index (χ0) is 20.1. The zero-order valence-corrected chi connectivity index (χ0v) is 17.3. The number of thiazole rings is 1. The summed E-state index contributed by atoms with van der Waals surface area (Å²) >= 11 is 1.40. The molecule has 0 unspecified atom stereocenters. The van der Waals surface area contributed by atoms with Crippen LogP contribution in [-0.4, -0.2) is 51.3 Å². The number of urea groups is 1. The molecule has 4 heterocycles. The van der Waals surface area contributed by atoms with E-state index in [-0.39, 0.29) is 18.4 Å². The van der Waals surface area contributed by atoms with E-state index in [9.17, 15) is 9.59 Å². The minimum atomic E-state index is -0.118. The van der Waals surface area contributed by atoms with Gasteiger partial charge in [-0.25, -0.2) is 9.78 Å². The van der Waals surface area contributed by atoms with Gasteiger partial charge in [0.05, 0.1) is 12.1 Å². The van der Waals surface area contributed by atoms with E-state index in [1.807, 2.05) is 5.38 Å². The number of fused-ring (bicyclic) bond motifs is 1. The number of aryl methyl sites for hydroxylation is 2. The van der Waals surface area contributed by atoms with E-state index in [0.29, 0.717) is 30.5 Å². The Labute approximate surface area is 173 Å². The van der Waals surface area contributed by atoms with Crippen molar-refractivity contribution in [1.82, 2.24) is 30.4 Å². The van der Waals surface area contributed by atoms with Crippen LogP contribution in [0.15, 0.2) is 5.38 Å². The second-order valence-corrected chi connectivity index (χ2v) is 8.32. The lowest BCUT2D eigenvalue weighted by molar-refractivity contribution is -0.120. The first-order valence-electron chi connectivity index (χ1n) is 10.4. The van der Waals surface area contributed by atoms with Crippen molar-refractivity contribution in [3.8, 4) is 0 Å². The fourth-order valence-corrected chi connectivity index (χ4v) is 4.59. The first kappa shape index (κ1) is 19.8. The zero-order valence-electron chi connectivity index (χ0n) is 16.5. The molecule has 0 saturated carbocycles. The van der Waals surface area contributed by atoms with Gasteiger partial charge in [0.25, 0.3) is 0 Å². The van der Waals surface area contributed by atoms with Crippen molar-refractivity contribution in [3.05, 3.63) is 22.7 Å². The Balaban J connectivity index is 1.21. The van der Waals surface area contributed by atoms with Crippen LogP contribution >= 0.6 is 11.3 Å². The molecule has 1 saturated heterocycles. The molecule has 4 rings (SSSR count). The molecule has 29 heavy (non-hydrogen) atoms. The summed E-state index contributed by atoms with van der Waals surface area (Å²) in [4.78, 5) is 30.2. The molecule has 0 radical (unpaired) electrons. The number of hydrogen-bond donors (Lipinski definition) is 2. The topological polar surface area (TPSA) is 105 Å². The normalized spacial score (nSPS) is 16.8. The van der Waals surface area contributed by atoms with Crippen LogP contribution in [0.4, 0.5) is 9.93 Å². The van der Waals surface area contributed by atoms with Gasteiger partial charge in [-0.2, -0.15) is 0 Å². The number of anilines is 1. The molecule has 2 aliphatic rings. The highest BCUT2D eigenvalue weighted by Gasteiger charge is 2.22. The number of carbonyl (C=O) groups excluding carboxylic acids is 2. The minimum absolute atomic E-state index is 0.0509. The first-order chi connectivity index (χ1) is 14.2. The standard InChI is InChI=1S/C19H27N7O2S/c27-17(12-14-13-29-19(22-14)26-11-5-9-21-18(26)28)20-8-4-7-16-24-23-15-6-2-1-3-10-25(15)16/h13H,1-12H2,(H,20,27)(H,21,28). The molecule has 1 fully saturated rings. The van der Waals surface area contributed by atoms with Crippen molar-refractivity contribution in [2.45, 2.75) is 57.9 Å². The molecule has 9 nitrogen and oxygen atoms in total. The average Bonchev–Trinajstić information content (AvgIpc) is 3.25. The average molecular weight is 418 g/mol. The maximum atomic E-state index is 12.2. The Morgan fingerprint density at radius 2 is 2.14 bits per heavy atom. The predicted octanol–water partition coefficient (Wildman–Crippen LogP) is 1.67. The lowest BCUT2D eigenvalue weighted by Crippen LogP contribution is -2.46. The van der Waals surface area contributed by atoms with E-state index in [4.69, 9.17) is 0 Å². The fourth-order valence-electron chi connectivity index (χ4n) is 3.74. The van der Waals surface area contributed by atoms with Gasteiger partial charge in [0.1, 0.15) is 11.6 Å². The summed E-state index contributed by atoms with van der Waals surface area (Å²) in [7, 11) is 0. The molecule has 0 atom stereocenters. The highest BCUT2D eigenvalue weighted by atomic mass is 32.1. The monoisotopic (exact) mass is 417 g/mol. The van der Waals surface area contributed by atoms with Crippen molar-refractivity contribution < 1.29 is 9.59 Å². The first-order valence-corrected chi connectivity index (χ1v) is 11.3. The molecular formula is C19H27N7O2S. The molecule has 3 amide bonds. The lowest BCUT2D eigenvalue weighted by Gasteiger charge is -2.24. The molecule has 10 heteroatoms. The highest BCUT2D eigenvalue weighted by molar-refractivity contribution is 7.14. The van der Waals surface area contributed by atoms with Crippen LogP contribution in [0.1, 0.15) is 49.4 Å². The molecule has 2 aliphatic heterocycles. The number of aromatic nitrogens is 4. The third kappa shape index (κ3) is 4.92. The van der Waals surface area contributed by atoms with Crippen LogP contribution in [0.2, 0.25) is 0 Å². The van der Waals surface area contributed by atoms with Crippen molar-refractivity contribution >= 4 is 28.4 Å². The third-order valence-electron chi connectivity index (χ3n) is 5.28. The van der Waals surface area contributed by atoms with Gasteiger partial charge in [0, 0.05) is 44.4 Å². The second kappa shape index (κ2) is 9.34. The number of hydrogen-bond acceptors (Lipinski definition) is 6. The number of amides is 3. The number of nitrogens with zero attached hydrogens (tertiary/aromatic N) is 5.